The van der Waals surface area contributed by atoms with Gasteiger partial charge in [-0.2, -0.15) is 11.3 Å². The van der Waals surface area contributed by atoms with Gasteiger partial charge in [-0.25, -0.2) is 8.78 Å². The van der Waals surface area contributed by atoms with Crippen LogP contribution < -0.4 is 5.73 Å². The second kappa shape index (κ2) is 5.59. The molecule has 0 radical (unpaired) electrons. The summed E-state index contributed by atoms with van der Waals surface area (Å²) in [5.74, 6) is -1.09. The van der Waals surface area contributed by atoms with E-state index in [1.165, 1.54) is 11.6 Å². The molecular weight excluding hydrogens is 252 g/mol. The normalized spacial score (nSPS) is 12.7. The molecule has 1 heterocycles. The Hall–Kier alpha value is -1.26. The Morgan fingerprint density at radius 1 is 1.28 bits per heavy atom. The zero-order valence-electron chi connectivity index (χ0n) is 10.1. The molecule has 0 aliphatic rings. The maximum atomic E-state index is 13.6. The van der Waals surface area contributed by atoms with Gasteiger partial charge in [-0.05, 0) is 53.8 Å². The first-order chi connectivity index (χ1) is 8.58. The number of hydrogen-bond acceptors (Lipinski definition) is 2. The molecule has 1 atom stereocenters. The molecule has 4 heteroatoms. The van der Waals surface area contributed by atoms with E-state index in [2.05, 4.69) is 5.38 Å². The summed E-state index contributed by atoms with van der Waals surface area (Å²) in [6, 6.07) is 4.05. The van der Waals surface area contributed by atoms with Crippen molar-refractivity contribution in [2.45, 2.75) is 25.8 Å². The molecule has 2 aromatic rings. The quantitative estimate of drug-likeness (QED) is 0.891. The molecule has 1 unspecified atom stereocenters. The van der Waals surface area contributed by atoms with E-state index in [9.17, 15) is 8.78 Å². The van der Waals surface area contributed by atoms with Crippen molar-refractivity contribution in [2.24, 2.45) is 5.73 Å². The number of aryl methyl sites for hydroxylation is 2. The van der Waals surface area contributed by atoms with Crippen molar-refractivity contribution in [3.63, 3.8) is 0 Å². The zero-order valence-corrected chi connectivity index (χ0v) is 10.9. The summed E-state index contributed by atoms with van der Waals surface area (Å²) in [5.41, 5.74) is 8.00. The maximum Gasteiger partial charge on any atom is 0.130 e. The van der Waals surface area contributed by atoms with Crippen LogP contribution in [0.4, 0.5) is 8.78 Å². The average Bonchev–Trinajstić information content (AvgIpc) is 2.84. The first-order valence-corrected chi connectivity index (χ1v) is 6.74. The lowest BCUT2D eigenvalue weighted by molar-refractivity contribution is 0.540. The molecule has 0 saturated heterocycles. The Bertz CT molecular complexity index is 523. The highest BCUT2D eigenvalue weighted by Gasteiger charge is 2.14. The van der Waals surface area contributed by atoms with E-state index in [1.54, 1.807) is 18.3 Å². The fourth-order valence-electron chi connectivity index (χ4n) is 1.88. The van der Waals surface area contributed by atoms with Gasteiger partial charge in [0.05, 0.1) is 0 Å². The molecule has 0 amide bonds. The molecule has 1 nitrogen and oxygen atoms in total. The van der Waals surface area contributed by atoms with Gasteiger partial charge < -0.3 is 5.73 Å². The Labute approximate surface area is 109 Å². The molecule has 0 aliphatic carbocycles. The number of thiophene rings is 1. The van der Waals surface area contributed by atoms with Crippen LogP contribution in [0.5, 0.6) is 0 Å². The average molecular weight is 267 g/mol. The fraction of sp³-hybridized carbons (Fsp3) is 0.286. The summed E-state index contributed by atoms with van der Waals surface area (Å²) in [4.78, 5) is 0. The molecule has 18 heavy (non-hydrogen) atoms. The molecule has 2 N–H and O–H groups in total. The summed E-state index contributed by atoms with van der Waals surface area (Å²) >= 11 is 1.63. The highest BCUT2D eigenvalue weighted by atomic mass is 32.1. The van der Waals surface area contributed by atoms with Crippen LogP contribution in [0.25, 0.3) is 0 Å². The van der Waals surface area contributed by atoms with Gasteiger partial charge in [-0.15, -0.1) is 0 Å². The first kappa shape index (κ1) is 13.2. The predicted octanol–water partition coefficient (Wildman–Crippen LogP) is 3.97. The van der Waals surface area contributed by atoms with Crippen LogP contribution in [0.3, 0.4) is 0 Å². The van der Waals surface area contributed by atoms with E-state index in [4.69, 9.17) is 5.73 Å². The van der Waals surface area contributed by atoms with Crippen molar-refractivity contribution in [1.82, 2.24) is 0 Å². The van der Waals surface area contributed by atoms with Crippen molar-refractivity contribution in [2.75, 3.05) is 0 Å². The fourth-order valence-corrected chi connectivity index (χ4v) is 2.58. The van der Waals surface area contributed by atoms with Crippen molar-refractivity contribution in [3.05, 3.63) is 57.3 Å². The standard InChI is InChI=1S/C14H15F2NS/c1-9-6-11(13(16)7-12(9)15)14(17)3-2-10-4-5-18-8-10/h4-8,14H,2-3,17H2,1H3. The number of rotatable bonds is 4. The highest BCUT2D eigenvalue weighted by Crippen LogP contribution is 2.23. The molecular formula is C14H15F2NS. The van der Waals surface area contributed by atoms with E-state index >= 15 is 0 Å². The van der Waals surface area contributed by atoms with Gasteiger partial charge in [-0.1, -0.05) is 0 Å². The van der Waals surface area contributed by atoms with Crippen LogP contribution in [0.2, 0.25) is 0 Å². The van der Waals surface area contributed by atoms with Gasteiger partial charge in [0.2, 0.25) is 0 Å². The lowest BCUT2D eigenvalue weighted by Crippen LogP contribution is -2.13. The number of hydrogen-bond donors (Lipinski definition) is 1. The lowest BCUT2D eigenvalue weighted by atomic mass is 9.98. The molecule has 0 saturated carbocycles. The second-order valence-electron chi connectivity index (χ2n) is 4.40. The summed E-state index contributed by atoms with van der Waals surface area (Å²) < 4.78 is 26.8. The van der Waals surface area contributed by atoms with Crippen molar-refractivity contribution >= 4 is 11.3 Å². The predicted molar refractivity (Wildman–Crippen MR) is 70.7 cm³/mol. The molecule has 2 rings (SSSR count). The first-order valence-electron chi connectivity index (χ1n) is 5.80. The molecule has 0 bridgehead atoms. The summed E-state index contributed by atoms with van der Waals surface area (Å²) in [5, 5.41) is 4.06. The van der Waals surface area contributed by atoms with Gasteiger partial charge in [-0.3, -0.25) is 0 Å². The van der Waals surface area contributed by atoms with Gasteiger partial charge in [0.25, 0.3) is 0 Å². The number of benzene rings is 1. The van der Waals surface area contributed by atoms with E-state index in [0.29, 0.717) is 17.5 Å². The van der Waals surface area contributed by atoms with Gasteiger partial charge >= 0.3 is 0 Å². The number of halogens is 2. The topological polar surface area (TPSA) is 26.0 Å². The van der Waals surface area contributed by atoms with E-state index in [-0.39, 0.29) is 0 Å². The van der Waals surface area contributed by atoms with Crippen LogP contribution in [0.15, 0.2) is 29.0 Å². The third-order valence-corrected chi connectivity index (χ3v) is 3.73. The molecule has 1 aromatic heterocycles. The summed E-state index contributed by atoms with van der Waals surface area (Å²) in [6.45, 7) is 1.61. The van der Waals surface area contributed by atoms with Gasteiger partial charge in [0.1, 0.15) is 11.6 Å². The SMILES string of the molecule is Cc1cc(C(N)CCc2ccsc2)c(F)cc1F. The van der Waals surface area contributed by atoms with E-state index in [1.807, 2.05) is 11.4 Å². The van der Waals surface area contributed by atoms with Crippen molar-refractivity contribution in [1.29, 1.82) is 0 Å². The van der Waals surface area contributed by atoms with Crippen LogP contribution >= 0.6 is 11.3 Å². The maximum absolute atomic E-state index is 13.6. The zero-order chi connectivity index (χ0) is 13.1. The summed E-state index contributed by atoms with van der Waals surface area (Å²) in [6.07, 6.45) is 1.46. The van der Waals surface area contributed by atoms with E-state index in [0.717, 1.165) is 12.5 Å². The second-order valence-corrected chi connectivity index (χ2v) is 5.18. The molecule has 1 aromatic carbocycles. The monoisotopic (exact) mass is 267 g/mol. The smallest absolute Gasteiger partial charge is 0.130 e. The lowest BCUT2D eigenvalue weighted by Gasteiger charge is -2.13. The Morgan fingerprint density at radius 2 is 2.06 bits per heavy atom. The Morgan fingerprint density at radius 3 is 2.72 bits per heavy atom. The molecule has 0 fully saturated rings. The third-order valence-electron chi connectivity index (χ3n) is 3.00. The minimum absolute atomic E-state index is 0.393. The van der Waals surface area contributed by atoms with Gasteiger partial charge in [0, 0.05) is 17.7 Å². The Balaban J connectivity index is 2.09. The third kappa shape index (κ3) is 2.94. The minimum Gasteiger partial charge on any atom is -0.324 e. The number of nitrogens with two attached hydrogens (primary N) is 1. The van der Waals surface area contributed by atoms with E-state index < -0.39 is 17.7 Å². The van der Waals surface area contributed by atoms with Crippen LogP contribution in [0, 0.1) is 18.6 Å². The van der Waals surface area contributed by atoms with Gasteiger partial charge in [0.15, 0.2) is 0 Å². The van der Waals surface area contributed by atoms with Crippen molar-refractivity contribution < 1.29 is 8.78 Å². The molecule has 0 aliphatic heterocycles. The largest absolute Gasteiger partial charge is 0.324 e. The van der Waals surface area contributed by atoms with Crippen molar-refractivity contribution in [3.8, 4) is 0 Å². The molecule has 0 spiro atoms. The molecule has 96 valence electrons. The Kier molecular flexibility index (Phi) is 4.09. The minimum atomic E-state index is -0.559. The summed E-state index contributed by atoms with van der Waals surface area (Å²) in [7, 11) is 0. The van der Waals surface area contributed by atoms with Crippen LogP contribution in [0.1, 0.15) is 29.2 Å². The van der Waals surface area contributed by atoms with Crippen LogP contribution in [-0.2, 0) is 6.42 Å². The highest BCUT2D eigenvalue weighted by molar-refractivity contribution is 7.07. The van der Waals surface area contributed by atoms with Crippen LogP contribution in [-0.4, -0.2) is 0 Å².